The van der Waals surface area contributed by atoms with Crippen molar-refractivity contribution in [1.29, 1.82) is 0 Å². The number of benzene rings is 2. The summed E-state index contributed by atoms with van der Waals surface area (Å²) in [4.78, 5) is 13.9. The zero-order valence-electron chi connectivity index (χ0n) is 14.2. The van der Waals surface area contributed by atoms with Crippen molar-refractivity contribution in [3.05, 3.63) is 53.1 Å². The molecule has 25 heavy (non-hydrogen) atoms. The normalized spacial score (nSPS) is 15.6. The van der Waals surface area contributed by atoms with Crippen LogP contribution < -0.4 is 14.2 Å². The summed E-state index contributed by atoms with van der Waals surface area (Å²) in [7, 11) is 1.72. The molecule has 1 aliphatic rings. The molecule has 2 aromatic carbocycles. The van der Waals surface area contributed by atoms with Crippen LogP contribution in [0.25, 0.3) is 0 Å². The Morgan fingerprint density at radius 2 is 2.04 bits per heavy atom. The summed E-state index contributed by atoms with van der Waals surface area (Å²) in [6.07, 6.45) is -0.207. The SMILES string of the molecule is Cc1cc(OCC(=O)N(C)C[C@@H]2COc3ccccc3O2)ccc1Cl. The molecule has 1 heterocycles. The molecule has 6 heteroatoms. The van der Waals surface area contributed by atoms with Gasteiger partial charge >= 0.3 is 0 Å². The third kappa shape index (κ3) is 4.37. The summed E-state index contributed by atoms with van der Waals surface area (Å²) >= 11 is 5.98. The lowest BCUT2D eigenvalue weighted by atomic mass is 10.2. The molecule has 0 radical (unpaired) electrons. The molecular weight excluding hydrogens is 342 g/mol. The van der Waals surface area contributed by atoms with Crippen molar-refractivity contribution in [3.63, 3.8) is 0 Å². The number of amides is 1. The minimum atomic E-state index is -0.207. The van der Waals surface area contributed by atoms with Gasteiger partial charge in [-0.25, -0.2) is 0 Å². The van der Waals surface area contributed by atoms with Crippen LogP contribution in [0.5, 0.6) is 17.2 Å². The van der Waals surface area contributed by atoms with Gasteiger partial charge in [-0.3, -0.25) is 4.79 Å². The fraction of sp³-hybridized carbons (Fsp3) is 0.316. The molecular formula is C19H20ClNO4. The van der Waals surface area contributed by atoms with Gasteiger partial charge in [0.25, 0.3) is 5.91 Å². The molecule has 1 amide bonds. The summed E-state index contributed by atoms with van der Waals surface area (Å²) in [6.45, 7) is 2.69. The summed E-state index contributed by atoms with van der Waals surface area (Å²) in [6, 6.07) is 12.8. The molecule has 5 nitrogen and oxygen atoms in total. The van der Waals surface area contributed by atoms with Crippen molar-refractivity contribution in [1.82, 2.24) is 4.90 Å². The number of para-hydroxylation sites is 2. The van der Waals surface area contributed by atoms with E-state index < -0.39 is 0 Å². The van der Waals surface area contributed by atoms with Crippen LogP contribution in [0.3, 0.4) is 0 Å². The van der Waals surface area contributed by atoms with Crippen LogP contribution in [-0.2, 0) is 4.79 Å². The van der Waals surface area contributed by atoms with Crippen LogP contribution in [0.4, 0.5) is 0 Å². The van der Waals surface area contributed by atoms with Crippen molar-refractivity contribution in [2.24, 2.45) is 0 Å². The van der Waals surface area contributed by atoms with E-state index in [1.54, 1.807) is 24.1 Å². The summed E-state index contributed by atoms with van der Waals surface area (Å²) < 4.78 is 17.1. The zero-order valence-corrected chi connectivity index (χ0v) is 15.0. The maximum Gasteiger partial charge on any atom is 0.260 e. The van der Waals surface area contributed by atoms with Crippen LogP contribution in [0.1, 0.15) is 5.56 Å². The lowest BCUT2D eigenvalue weighted by Gasteiger charge is -2.29. The number of hydrogen-bond acceptors (Lipinski definition) is 4. The minimum Gasteiger partial charge on any atom is -0.486 e. The van der Waals surface area contributed by atoms with E-state index in [2.05, 4.69) is 0 Å². The quantitative estimate of drug-likeness (QED) is 0.819. The third-order valence-corrected chi connectivity index (χ3v) is 4.39. The molecule has 0 saturated heterocycles. The Kier molecular flexibility index (Phi) is 5.34. The second kappa shape index (κ2) is 7.66. The van der Waals surface area contributed by atoms with E-state index in [9.17, 15) is 4.79 Å². The van der Waals surface area contributed by atoms with Crippen LogP contribution in [0, 0.1) is 6.92 Å². The highest BCUT2D eigenvalue weighted by Gasteiger charge is 2.23. The maximum absolute atomic E-state index is 12.3. The van der Waals surface area contributed by atoms with Crippen molar-refractivity contribution in [2.75, 3.05) is 26.8 Å². The number of hydrogen-bond donors (Lipinski definition) is 0. The first-order valence-corrected chi connectivity index (χ1v) is 8.42. The Morgan fingerprint density at radius 1 is 1.28 bits per heavy atom. The van der Waals surface area contributed by atoms with E-state index in [1.807, 2.05) is 37.3 Å². The molecule has 0 fully saturated rings. The molecule has 0 N–H and O–H groups in total. The van der Waals surface area contributed by atoms with Crippen molar-refractivity contribution in [3.8, 4) is 17.2 Å². The monoisotopic (exact) mass is 361 g/mol. The van der Waals surface area contributed by atoms with Gasteiger partial charge in [-0.15, -0.1) is 0 Å². The predicted molar refractivity (Wildman–Crippen MR) is 95.7 cm³/mol. The second-order valence-electron chi connectivity index (χ2n) is 5.97. The molecule has 1 aliphatic heterocycles. The van der Waals surface area contributed by atoms with Crippen LogP contribution in [0.2, 0.25) is 5.02 Å². The van der Waals surface area contributed by atoms with Crippen molar-refractivity contribution < 1.29 is 19.0 Å². The average Bonchev–Trinajstić information content (AvgIpc) is 2.62. The second-order valence-corrected chi connectivity index (χ2v) is 6.38. The highest BCUT2D eigenvalue weighted by Crippen LogP contribution is 2.31. The Bertz CT molecular complexity index is 765. The summed E-state index contributed by atoms with van der Waals surface area (Å²) in [5.74, 6) is 1.92. The zero-order chi connectivity index (χ0) is 17.8. The van der Waals surface area contributed by atoms with Gasteiger partial charge < -0.3 is 19.1 Å². The highest BCUT2D eigenvalue weighted by molar-refractivity contribution is 6.31. The lowest BCUT2D eigenvalue weighted by Crippen LogP contribution is -2.43. The number of aryl methyl sites for hydroxylation is 1. The molecule has 2 aromatic rings. The molecule has 132 valence electrons. The standard InChI is InChI=1S/C19H20ClNO4/c1-13-9-14(7-8-16(13)20)23-12-19(22)21(2)10-15-11-24-17-5-3-4-6-18(17)25-15/h3-9,15H,10-12H2,1-2H3/t15-/m1/s1. The Labute approximate surface area is 152 Å². The van der Waals surface area contributed by atoms with E-state index in [4.69, 9.17) is 25.8 Å². The largest absolute Gasteiger partial charge is 0.486 e. The van der Waals surface area contributed by atoms with E-state index in [-0.39, 0.29) is 18.6 Å². The van der Waals surface area contributed by atoms with Gasteiger partial charge in [-0.2, -0.15) is 0 Å². The van der Waals surface area contributed by atoms with E-state index in [0.29, 0.717) is 29.7 Å². The highest BCUT2D eigenvalue weighted by atomic mass is 35.5. The summed E-state index contributed by atoms with van der Waals surface area (Å²) in [5.41, 5.74) is 0.909. The molecule has 0 aliphatic carbocycles. The Morgan fingerprint density at radius 3 is 2.80 bits per heavy atom. The minimum absolute atomic E-state index is 0.0399. The molecule has 0 spiro atoms. The Hall–Kier alpha value is -2.40. The van der Waals surface area contributed by atoms with E-state index in [0.717, 1.165) is 11.3 Å². The maximum atomic E-state index is 12.3. The number of halogens is 1. The number of rotatable bonds is 5. The van der Waals surface area contributed by atoms with Gasteiger partial charge in [0.15, 0.2) is 24.2 Å². The van der Waals surface area contributed by atoms with Gasteiger partial charge in [-0.1, -0.05) is 23.7 Å². The van der Waals surface area contributed by atoms with Crippen molar-refractivity contribution in [2.45, 2.75) is 13.0 Å². The smallest absolute Gasteiger partial charge is 0.260 e. The Balaban J connectivity index is 1.50. The number of fused-ring (bicyclic) bond motifs is 1. The van der Waals surface area contributed by atoms with Gasteiger partial charge in [0, 0.05) is 12.1 Å². The molecule has 0 bridgehead atoms. The molecule has 1 atom stereocenters. The first-order chi connectivity index (χ1) is 12.0. The lowest BCUT2D eigenvalue weighted by molar-refractivity contribution is -0.133. The van der Waals surface area contributed by atoms with E-state index in [1.165, 1.54) is 0 Å². The van der Waals surface area contributed by atoms with Crippen LogP contribution in [0.15, 0.2) is 42.5 Å². The third-order valence-electron chi connectivity index (χ3n) is 3.96. The van der Waals surface area contributed by atoms with Crippen LogP contribution >= 0.6 is 11.6 Å². The first-order valence-electron chi connectivity index (χ1n) is 8.04. The first kappa shape index (κ1) is 17.4. The molecule has 0 unspecified atom stereocenters. The number of likely N-dealkylation sites (N-methyl/N-ethyl adjacent to an activating group) is 1. The van der Waals surface area contributed by atoms with Crippen molar-refractivity contribution >= 4 is 17.5 Å². The summed E-state index contributed by atoms with van der Waals surface area (Å²) in [5, 5.41) is 0.672. The molecule has 3 rings (SSSR count). The number of ether oxygens (including phenoxy) is 3. The van der Waals surface area contributed by atoms with E-state index >= 15 is 0 Å². The predicted octanol–water partition coefficient (Wildman–Crippen LogP) is 3.33. The van der Waals surface area contributed by atoms with Gasteiger partial charge in [0.2, 0.25) is 0 Å². The fourth-order valence-corrected chi connectivity index (χ4v) is 2.64. The van der Waals surface area contributed by atoms with Gasteiger partial charge in [-0.05, 0) is 42.8 Å². The van der Waals surface area contributed by atoms with Gasteiger partial charge in [0.05, 0.1) is 6.54 Å². The molecule has 0 aromatic heterocycles. The number of nitrogens with zero attached hydrogens (tertiary/aromatic N) is 1. The topological polar surface area (TPSA) is 48.0 Å². The molecule has 0 saturated carbocycles. The fourth-order valence-electron chi connectivity index (χ4n) is 2.52. The number of carbonyl (C=O) groups excluding carboxylic acids is 1. The van der Waals surface area contributed by atoms with Gasteiger partial charge in [0.1, 0.15) is 12.4 Å². The van der Waals surface area contributed by atoms with Crippen LogP contribution in [-0.4, -0.2) is 43.7 Å². The number of carbonyl (C=O) groups is 1. The average molecular weight is 362 g/mol.